The van der Waals surface area contributed by atoms with E-state index in [-0.39, 0.29) is 0 Å². The molecule has 2 rings (SSSR count). The zero-order valence-corrected chi connectivity index (χ0v) is 13.5. The Morgan fingerprint density at radius 1 is 1.33 bits per heavy atom. The Hall–Kier alpha value is -1.55. The molecule has 21 heavy (non-hydrogen) atoms. The lowest BCUT2D eigenvalue weighted by Crippen LogP contribution is -2.40. The van der Waals surface area contributed by atoms with E-state index in [4.69, 9.17) is 4.99 Å². The zero-order chi connectivity index (χ0) is 15.1. The van der Waals surface area contributed by atoms with Crippen molar-refractivity contribution in [3.8, 4) is 0 Å². The minimum atomic E-state index is 0.417. The van der Waals surface area contributed by atoms with Crippen LogP contribution in [-0.4, -0.2) is 43.1 Å². The molecule has 1 aromatic carbocycles. The topological polar surface area (TPSA) is 39.7 Å². The van der Waals surface area contributed by atoms with Gasteiger partial charge in [-0.3, -0.25) is 9.89 Å². The Bertz CT molecular complexity index is 439. The third-order valence-corrected chi connectivity index (χ3v) is 3.80. The number of aliphatic imine (C=N–C) groups is 1. The quantitative estimate of drug-likeness (QED) is 0.597. The predicted octanol–water partition coefficient (Wildman–Crippen LogP) is 2.22. The van der Waals surface area contributed by atoms with Crippen LogP contribution in [0.25, 0.3) is 0 Å². The van der Waals surface area contributed by atoms with E-state index in [0.717, 1.165) is 25.6 Å². The van der Waals surface area contributed by atoms with E-state index in [9.17, 15) is 0 Å². The molecule has 4 nitrogen and oxygen atoms in total. The summed E-state index contributed by atoms with van der Waals surface area (Å²) in [6.07, 6.45) is 2.54. The van der Waals surface area contributed by atoms with Crippen molar-refractivity contribution >= 4 is 5.96 Å². The first-order valence-electron chi connectivity index (χ1n) is 7.98. The SMILES string of the molecule is CCNC(=NCC(C)N(C)Cc1ccccc1)NC1CC1. The van der Waals surface area contributed by atoms with E-state index in [1.807, 2.05) is 0 Å². The van der Waals surface area contributed by atoms with Crippen molar-refractivity contribution in [2.24, 2.45) is 4.99 Å². The number of benzene rings is 1. The number of likely N-dealkylation sites (N-methyl/N-ethyl adjacent to an activating group) is 1. The summed E-state index contributed by atoms with van der Waals surface area (Å²) in [5.74, 6) is 0.958. The highest BCUT2D eigenvalue weighted by Gasteiger charge is 2.22. The van der Waals surface area contributed by atoms with Crippen LogP contribution in [0.5, 0.6) is 0 Å². The van der Waals surface area contributed by atoms with E-state index in [1.165, 1.54) is 18.4 Å². The number of guanidine groups is 1. The smallest absolute Gasteiger partial charge is 0.191 e. The number of nitrogens with one attached hydrogen (secondary N) is 2. The first-order chi connectivity index (χ1) is 10.2. The molecular weight excluding hydrogens is 260 g/mol. The summed E-state index contributed by atoms with van der Waals surface area (Å²) in [6.45, 7) is 7.02. The second kappa shape index (κ2) is 8.03. The zero-order valence-electron chi connectivity index (χ0n) is 13.5. The number of hydrogen-bond acceptors (Lipinski definition) is 2. The average Bonchev–Trinajstić information content (AvgIpc) is 3.29. The second-order valence-electron chi connectivity index (χ2n) is 5.89. The van der Waals surface area contributed by atoms with Crippen LogP contribution < -0.4 is 10.6 Å². The summed E-state index contributed by atoms with van der Waals surface area (Å²) < 4.78 is 0. The summed E-state index contributed by atoms with van der Waals surface area (Å²) in [6, 6.07) is 11.6. The van der Waals surface area contributed by atoms with Gasteiger partial charge in [0, 0.05) is 25.2 Å². The van der Waals surface area contributed by atoms with Crippen LogP contribution in [0.1, 0.15) is 32.3 Å². The van der Waals surface area contributed by atoms with Crippen molar-refractivity contribution in [2.75, 3.05) is 20.1 Å². The largest absolute Gasteiger partial charge is 0.357 e. The molecule has 1 saturated carbocycles. The molecule has 1 aliphatic carbocycles. The molecular formula is C17H28N4. The van der Waals surface area contributed by atoms with Gasteiger partial charge < -0.3 is 10.6 Å². The van der Waals surface area contributed by atoms with Crippen LogP contribution in [0.3, 0.4) is 0 Å². The fourth-order valence-electron chi connectivity index (χ4n) is 2.13. The van der Waals surface area contributed by atoms with Crippen molar-refractivity contribution in [1.29, 1.82) is 0 Å². The van der Waals surface area contributed by atoms with Gasteiger partial charge in [0.1, 0.15) is 0 Å². The van der Waals surface area contributed by atoms with Crippen molar-refractivity contribution in [3.05, 3.63) is 35.9 Å². The first kappa shape index (κ1) is 15.8. The molecule has 0 radical (unpaired) electrons. The first-order valence-corrected chi connectivity index (χ1v) is 7.98. The van der Waals surface area contributed by atoms with Crippen LogP contribution in [0, 0.1) is 0 Å². The third-order valence-electron chi connectivity index (χ3n) is 3.80. The standard InChI is InChI=1S/C17H28N4/c1-4-18-17(20-16-10-11-16)19-12-14(2)21(3)13-15-8-6-5-7-9-15/h5-9,14,16H,4,10-13H2,1-3H3,(H2,18,19,20). The molecule has 4 heteroatoms. The van der Waals surface area contributed by atoms with Crippen LogP contribution in [-0.2, 0) is 6.54 Å². The molecule has 1 aromatic rings. The lowest BCUT2D eigenvalue weighted by atomic mass is 10.2. The van der Waals surface area contributed by atoms with Gasteiger partial charge in [0.05, 0.1) is 6.54 Å². The van der Waals surface area contributed by atoms with Gasteiger partial charge in [-0.05, 0) is 39.3 Å². The molecule has 116 valence electrons. The maximum absolute atomic E-state index is 4.71. The molecule has 1 fully saturated rings. The van der Waals surface area contributed by atoms with E-state index in [0.29, 0.717) is 12.1 Å². The summed E-state index contributed by atoms with van der Waals surface area (Å²) >= 11 is 0. The van der Waals surface area contributed by atoms with Gasteiger partial charge >= 0.3 is 0 Å². The van der Waals surface area contributed by atoms with Gasteiger partial charge in [-0.15, -0.1) is 0 Å². The van der Waals surface area contributed by atoms with E-state index >= 15 is 0 Å². The highest BCUT2D eigenvalue weighted by Crippen LogP contribution is 2.18. The Kier molecular flexibility index (Phi) is 6.05. The Labute approximate surface area is 128 Å². The van der Waals surface area contributed by atoms with E-state index in [2.05, 4.69) is 66.8 Å². The molecule has 0 amide bonds. The molecule has 2 N–H and O–H groups in total. The Balaban J connectivity index is 1.82. The lowest BCUT2D eigenvalue weighted by molar-refractivity contribution is 0.255. The van der Waals surface area contributed by atoms with Gasteiger partial charge in [0.15, 0.2) is 5.96 Å². The van der Waals surface area contributed by atoms with Gasteiger partial charge in [0.2, 0.25) is 0 Å². The average molecular weight is 288 g/mol. The maximum atomic E-state index is 4.71. The lowest BCUT2D eigenvalue weighted by Gasteiger charge is -2.23. The number of rotatable bonds is 7. The van der Waals surface area contributed by atoms with Crippen molar-refractivity contribution in [2.45, 2.75) is 45.3 Å². The maximum Gasteiger partial charge on any atom is 0.191 e. The summed E-state index contributed by atoms with van der Waals surface area (Å²) in [4.78, 5) is 7.06. The molecule has 0 aromatic heterocycles. The normalized spacial score (nSPS) is 16.9. The molecule has 1 aliphatic rings. The molecule has 0 heterocycles. The van der Waals surface area contributed by atoms with Crippen molar-refractivity contribution in [3.63, 3.8) is 0 Å². The van der Waals surface area contributed by atoms with E-state index in [1.54, 1.807) is 0 Å². The Morgan fingerprint density at radius 2 is 2.05 bits per heavy atom. The highest BCUT2D eigenvalue weighted by molar-refractivity contribution is 5.80. The molecule has 0 bridgehead atoms. The van der Waals surface area contributed by atoms with Gasteiger partial charge in [-0.1, -0.05) is 30.3 Å². The van der Waals surface area contributed by atoms with Gasteiger partial charge in [0.25, 0.3) is 0 Å². The molecule has 1 unspecified atom stereocenters. The number of nitrogens with zero attached hydrogens (tertiary/aromatic N) is 2. The van der Waals surface area contributed by atoms with Crippen LogP contribution in [0.4, 0.5) is 0 Å². The van der Waals surface area contributed by atoms with Gasteiger partial charge in [-0.25, -0.2) is 0 Å². The summed E-state index contributed by atoms with van der Waals surface area (Å²) in [5, 5.41) is 6.77. The summed E-state index contributed by atoms with van der Waals surface area (Å²) in [7, 11) is 2.16. The van der Waals surface area contributed by atoms with Crippen molar-refractivity contribution in [1.82, 2.24) is 15.5 Å². The fraction of sp³-hybridized carbons (Fsp3) is 0.588. The second-order valence-corrected chi connectivity index (χ2v) is 5.89. The Morgan fingerprint density at radius 3 is 2.67 bits per heavy atom. The molecule has 0 spiro atoms. The summed E-state index contributed by atoms with van der Waals surface area (Å²) in [5.41, 5.74) is 1.35. The number of hydrogen-bond donors (Lipinski definition) is 2. The minimum Gasteiger partial charge on any atom is -0.357 e. The molecule has 0 aliphatic heterocycles. The van der Waals surface area contributed by atoms with Gasteiger partial charge in [-0.2, -0.15) is 0 Å². The van der Waals surface area contributed by atoms with Crippen molar-refractivity contribution < 1.29 is 0 Å². The predicted molar refractivity (Wildman–Crippen MR) is 89.5 cm³/mol. The molecule has 0 saturated heterocycles. The highest BCUT2D eigenvalue weighted by atomic mass is 15.2. The van der Waals surface area contributed by atoms with E-state index < -0.39 is 0 Å². The minimum absolute atomic E-state index is 0.417. The third kappa shape index (κ3) is 5.76. The van der Waals surface area contributed by atoms with Crippen LogP contribution >= 0.6 is 0 Å². The van der Waals surface area contributed by atoms with Crippen LogP contribution in [0.15, 0.2) is 35.3 Å². The van der Waals surface area contributed by atoms with Crippen LogP contribution in [0.2, 0.25) is 0 Å². The fourth-order valence-corrected chi connectivity index (χ4v) is 2.13. The monoisotopic (exact) mass is 288 g/mol. The molecule has 1 atom stereocenters.